The second kappa shape index (κ2) is 5.99. The molecule has 0 aliphatic rings. The van der Waals surface area contributed by atoms with Crippen molar-refractivity contribution in [3.05, 3.63) is 29.8 Å². The maximum atomic E-state index is 11.9. The fraction of sp³-hybridized carbons (Fsp3) is 0.273. The van der Waals surface area contributed by atoms with Crippen LogP contribution in [0.3, 0.4) is 0 Å². The topological polar surface area (TPSA) is 147 Å². The van der Waals surface area contributed by atoms with E-state index < -0.39 is 34.0 Å². The van der Waals surface area contributed by atoms with Gasteiger partial charge in [0.2, 0.25) is 15.9 Å². The third kappa shape index (κ3) is 3.76. The highest BCUT2D eigenvalue weighted by molar-refractivity contribution is 7.89. The van der Waals surface area contributed by atoms with E-state index in [-0.39, 0.29) is 10.5 Å². The summed E-state index contributed by atoms with van der Waals surface area (Å²) >= 11 is 0. The second-order valence-electron chi connectivity index (χ2n) is 4.07. The number of aliphatic hydroxyl groups is 1. The summed E-state index contributed by atoms with van der Waals surface area (Å²) in [5.74, 6) is -2.22. The van der Waals surface area contributed by atoms with Gasteiger partial charge in [0.25, 0.3) is 0 Å². The molecule has 5 N–H and O–H groups in total. The third-order valence-electron chi connectivity index (χ3n) is 2.48. The van der Waals surface area contributed by atoms with Gasteiger partial charge < -0.3 is 15.9 Å². The summed E-state index contributed by atoms with van der Waals surface area (Å²) in [5, 5.41) is 18.1. The van der Waals surface area contributed by atoms with E-state index in [4.69, 9.17) is 10.8 Å². The molecular formula is C11H14N2O6S. The summed E-state index contributed by atoms with van der Waals surface area (Å²) in [6.07, 6.45) is -1.41. The zero-order chi connectivity index (χ0) is 15.5. The van der Waals surface area contributed by atoms with E-state index in [9.17, 15) is 23.1 Å². The van der Waals surface area contributed by atoms with Crippen molar-refractivity contribution in [1.29, 1.82) is 0 Å². The van der Waals surface area contributed by atoms with Crippen LogP contribution in [0.4, 0.5) is 0 Å². The first-order chi connectivity index (χ1) is 9.15. The van der Waals surface area contributed by atoms with Crippen LogP contribution in [0.5, 0.6) is 0 Å². The first kappa shape index (κ1) is 16.1. The Bertz CT molecular complexity index is 608. The zero-order valence-corrected chi connectivity index (χ0v) is 11.3. The molecule has 110 valence electrons. The Morgan fingerprint density at radius 2 is 1.75 bits per heavy atom. The fourth-order valence-corrected chi connectivity index (χ4v) is 2.65. The molecule has 8 nitrogen and oxygen atoms in total. The number of carbonyl (C=O) groups excluding carboxylic acids is 1. The minimum absolute atomic E-state index is 0.120. The lowest BCUT2D eigenvalue weighted by molar-refractivity contribution is -0.141. The summed E-state index contributed by atoms with van der Waals surface area (Å²) in [7, 11) is -4.13. The van der Waals surface area contributed by atoms with Gasteiger partial charge in [0.15, 0.2) is 0 Å². The van der Waals surface area contributed by atoms with Crippen molar-refractivity contribution < 1.29 is 28.2 Å². The van der Waals surface area contributed by atoms with Gasteiger partial charge in [-0.25, -0.2) is 8.42 Å². The van der Waals surface area contributed by atoms with Crippen LogP contribution in [-0.4, -0.2) is 42.7 Å². The SMILES string of the molecule is C[C@@H](O)[C@H](NS(=O)(=O)c1ccc(C(N)=O)cc1)C(=O)O. The molecule has 2 atom stereocenters. The first-order valence-electron chi connectivity index (χ1n) is 5.48. The van der Waals surface area contributed by atoms with Gasteiger partial charge in [0, 0.05) is 5.56 Å². The Labute approximate surface area is 115 Å². The van der Waals surface area contributed by atoms with Crippen LogP contribution in [0.1, 0.15) is 17.3 Å². The van der Waals surface area contributed by atoms with Crippen molar-refractivity contribution >= 4 is 21.9 Å². The van der Waals surface area contributed by atoms with Gasteiger partial charge in [0.1, 0.15) is 6.04 Å². The summed E-state index contributed by atoms with van der Waals surface area (Å²) in [6.45, 7) is 1.15. The maximum absolute atomic E-state index is 11.9. The number of nitrogens with one attached hydrogen (secondary N) is 1. The Morgan fingerprint density at radius 1 is 1.25 bits per heavy atom. The molecule has 0 aliphatic heterocycles. The molecule has 0 spiro atoms. The predicted molar refractivity (Wildman–Crippen MR) is 68.4 cm³/mol. The molecule has 1 aromatic rings. The smallest absolute Gasteiger partial charge is 0.324 e. The predicted octanol–water partition coefficient (Wildman–Crippen LogP) is -1.10. The number of carboxylic acid groups (broad SMARTS) is 1. The highest BCUT2D eigenvalue weighted by Crippen LogP contribution is 2.11. The molecule has 0 bridgehead atoms. The van der Waals surface area contributed by atoms with Gasteiger partial charge in [-0.05, 0) is 31.2 Å². The molecule has 1 aromatic carbocycles. The van der Waals surface area contributed by atoms with Gasteiger partial charge in [-0.15, -0.1) is 0 Å². The number of rotatable bonds is 6. The number of amides is 1. The molecule has 9 heteroatoms. The van der Waals surface area contributed by atoms with E-state index in [2.05, 4.69) is 0 Å². The number of aliphatic carboxylic acids is 1. The Kier molecular flexibility index (Phi) is 4.82. The minimum Gasteiger partial charge on any atom is -0.480 e. The van der Waals surface area contributed by atoms with Crippen molar-refractivity contribution in [2.45, 2.75) is 24.0 Å². The molecule has 0 aliphatic carbocycles. The number of sulfonamides is 1. The molecule has 1 amide bonds. The summed E-state index contributed by atoms with van der Waals surface area (Å²) < 4.78 is 25.7. The number of benzene rings is 1. The highest BCUT2D eigenvalue weighted by Gasteiger charge is 2.29. The Balaban J connectivity index is 3.04. The number of primary amides is 1. The van der Waals surface area contributed by atoms with E-state index >= 15 is 0 Å². The molecule has 0 saturated carbocycles. The van der Waals surface area contributed by atoms with E-state index in [0.717, 1.165) is 19.1 Å². The van der Waals surface area contributed by atoms with Crippen LogP contribution in [0, 0.1) is 0 Å². The summed E-state index contributed by atoms with van der Waals surface area (Å²) in [6, 6.07) is 2.97. The molecule has 1 rings (SSSR count). The van der Waals surface area contributed by atoms with Crippen LogP contribution >= 0.6 is 0 Å². The minimum atomic E-state index is -4.13. The first-order valence-corrected chi connectivity index (χ1v) is 6.96. The van der Waals surface area contributed by atoms with Gasteiger partial charge in [-0.3, -0.25) is 9.59 Å². The van der Waals surface area contributed by atoms with Crippen molar-refractivity contribution in [3.8, 4) is 0 Å². The number of hydrogen-bond acceptors (Lipinski definition) is 5. The van der Waals surface area contributed by atoms with Crippen molar-refractivity contribution in [1.82, 2.24) is 4.72 Å². The van der Waals surface area contributed by atoms with E-state index in [1.807, 2.05) is 4.72 Å². The molecular weight excluding hydrogens is 288 g/mol. The lowest BCUT2D eigenvalue weighted by Gasteiger charge is -2.17. The molecule has 0 unspecified atom stereocenters. The van der Waals surface area contributed by atoms with E-state index in [1.54, 1.807) is 0 Å². The lowest BCUT2D eigenvalue weighted by Crippen LogP contribution is -2.47. The highest BCUT2D eigenvalue weighted by atomic mass is 32.2. The second-order valence-corrected chi connectivity index (χ2v) is 5.78. The van der Waals surface area contributed by atoms with Gasteiger partial charge in [-0.2, -0.15) is 4.72 Å². The normalized spacial score (nSPS) is 14.5. The Hall–Kier alpha value is -1.97. The average molecular weight is 302 g/mol. The molecule has 20 heavy (non-hydrogen) atoms. The van der Waals surface area contributed by atoms with E-state index in [1.165, 1.54) is 12.1 Å². The van der Waals surface area contributed by atoms with Crippen LogP contribution in [0.15, 0.2) is 29.2 Å². The van der Waals surface area contributed by atoms with Crippen LogP contribution in [0.25, 0.3) is 0 Å². The molecule has 0 fully saturated rings. The molecule has 0 radical (unpaired) electrons. The molecule has 0 heterocycles. The van der Waals surface area contributed by atoms with Crippen molar-refractivity contribution in [2.24, 2.45) is 5.73 Å². The number of hydrogen-bond donors (Lipinski definition) is 4. The number of aliphatic hydroxyl groups excluding tert-OH is 1. The average Bonchev–Trinajstić information content (AvgIpc) is 2.35. The Morgan fingerprint density at radius 3 is 2.10 bits per heavy atom. The summed E-state index contributed by atoms with van der Waals surface area (Å²) in [5.41, 5.74) is 5.14. The van der Waals surface area contributed by atoms with Crippen LogP contribution in [0.2, 0.25) is 0 Å². The van der Waals surface area contributed by atoms with Gasteiger partial charge >= 0.3 is 5.97 Å². The monoisotopic (exact) mass is 302 g/mol. The summed E-state index contributed by atoms with van der Waals surface area (Å²) in [4.78, 5) is 21.5. The maximum Gasteiger partial charge on any atom is 0.324 e. The number of nitrogens with two attached hydrogens (primary N) is 1. The quantitative estimate of drug-likeness (QED) is 0.524. The van der Waals surface area contributed by atoms with Gasteiger partial charge in [-0.1, -0.05) is 0 Å². The molecule has 0 aromatic heterocycles. The van der Waals surface area contributed by atoms with Gasteiger partial charge in [0.05, 0.1) is 11.0 Å². The van der Waals surface area contributed by atoms with Crippen LogP contribution < -0.4 is 10.5 Å². The lowest BCUT2D eigenvalue weighted by atomic mass is 10.2. The van der Waals surface area contributed by atoms with Crippen molar-refractivity contribution in [3.63, 3.8) is 0 Å². The largest absolute Gasteiger partial charge is 0.480 e. The number of carbonyl (C=O) groups is 2. The molecule has 0 saturated heterocycles. The van der Waals surface area contributed by atoms with Crippen molar-refractivity contribution in [2.75, 3.05) is 0 Å². The third-order valence-corrected chi connectivity index (χ3v) is 3.94. The zero-order valence-electron chi connectivity index (χ0n) is 10.5. The fourth-order valence-electron chi connectivity index (χ4n) is 1.39. The standard InChI is InChI=1S/C11H14N2O6S/c1-6(14)9(11(16)17)13-20(18,19)8-4-2-7(3-5-8)10(12)15/h2-6,9,13-14H,1H3,(H2,12,15)(H,16,17)/t6-,9+/m1/s1. The van der Waals surface area contributed by atoms with Crippen LogP contribution in [-0.2, 0) is 14.8 Å². The number of carboxylic acids is 1. The van der Waals surface area contributed by atoms with E-state index in [0.29, 0.717) is 0 Å².